The van der Waals surface area contributed by atoms with Crippen molar-refractivity contribution in [2.45, 2.75) is 18.2 Å². The van der Waals surface area contributed by atoms with Gasteiger partial charge in [0.25, 0.3) is 5.91 Å². The van der Waals surface area contributed by atoms with Gasteiger partial charge in [-0.3, -0.25) is 4.79 Å². The van der Waals surface area contributed by atoms with Crippen LogP contribution in [0.25, 0.3) is 0 Å². The second kappa shape index (κ2) is 6.11. The van der Waals surface area contributed by atoms with Crippen LogP contribution in [0.1, 0.15) is 21.7 Å². The Morgan fingerprint density at radius 2 is 2.10 bits per heavy atom. The van der Waals surface area contributed by atoms with Crippen LogP contribution in [0.2, 0.25) is 0 Å². The van der Waals surface area contributed by atoms with Crippen LogP contribution in [0.3, 0.4) is 0 Å². The molecule has 7 heteroatoms. The highest BCUT2D eigenvalue weighted by atomic mass is 32.2. The van der Waals surface area contributed by atoms with Crippen molar-refractivity contribution >= 4 is 15.9 Å². The quantitative estimate of drug-likeness (QED) is 0.866. The standard InChI is InChI=1S/C14H16N2O4S/c1-10-4-5-13(21(15,18)19)12(9-10)14(17)16-7-6-11-3-2-8-20-11/h2-5,8-9H,6-7H2,1H3,(H,16,17)(H2,15,18,19). The van der Waals surface area contributed by atoms with E-state index in [4.69, 9.17) is 9.56 Å². The average molecular weight is 308 g/mol. The first kappa shape index (κ1) is 15.3. The number of rotatable bonds is 5. The van der Waals surface area contributed by atoms with Crippen LogP contribution in [-0.2, 0) is 16.4 Å². The fraction of sp³-hybridized carbons (Fsp3) is 0.214. The van der Waals surface area contributed by atoms with Gasteiger partial charge in [-0.2, -0.15) is 0 Å². The van der Waals surface area contributed by atoms with Gasteiger partial charge in [0.05, 0.1) is 16.7 Å². The minimum Gasteiger partial charge on any atom is -0.469 e. The third-order valence-electron chi connectivity index (χ3n) is 2.92. The van der Waals surface area contributed by atoms with Crippen molar-refractivity contribution < 1.29 is 17.6 Å². The molecule has 0 spiro atoms. The predicted octanol–water partition coefficient (Wildman–Crippen LogP) is 1.21. The predicted molar refractivity (Wildman–Crippen MR) is 77.3 cm³/mol. The third kappa shape index (κ3) is 3.93. The van der Waals surface area contributed by atoms with Gasteiger partial charge in [0.1, 0.15) is 5.76 Å². The van der Waals surface area contributed by atoms with Crippen molar-refractivity contribution in [3.05, 3.63) is 53.5 Å². The summed E-state index contributed by atoms with van der Waals surface area (Å²) in [5, 5.41) is 7.79. The molecule has 0 aliphatic rings. The van der Waals surface area contributed by atoms with Crippen LogP contribution in [0.5, 0.6) is 0 Å². The lowest BCUT2D eigenvalue weighted by atomic mass is 10.1. The minimum atomic E-state index is -3.94. The van der Waals surface area contributed by atoms with Crippen LogP contribution >= 0.6 is 0 Å². The van der Waals surface area contributed by atoms with E-state index in [1.807, 2.05) is 0 Å². The zero-order valence-corrected chi connectivity index (χ0v) is 12.3. The fourth-order valence-electron chi connectivity index (χ4n) is 1.92. The van der Waals surface area contributed by atoms with E-state index in [2.05, 4.69) is 5.32 Å². The molecule has 6 nitrogen and oxygen atoms in total. The molecule has 112 valence electrons. The normalized spacial score (nSPS) is 11.3. The Morgan fingerprint density at radius 1 is 1.33 bits per heavy atom. The number of primary sulfonamides is 1. The van der Waals surface area contributed by atoms with E-state index >= 15 is 0 Å². The number of sulfonamides is 1. The van der Waals surface area contributed by atoms with Gasteiger partial charge in [-0.25, -0.2) is 13.6 Å². The van der Waals surface area contributed by atoms with Gasteiger partial charge >= 0.3 is 0 Å². The number of hydrogen-bond donors (Lipinski definition) is 2. The van der Waals surface area contributed by atoms with Crippen molar-refractivity contribution in [1.82, 2.24) is 5.32 Å². The number of nitrogens with two attached hydrogens (primary N) is 1. The lowest BCUT2D eigenvalue weighted by molar-refractivity contribution is 0.0950. The van der Waals surface area contributed by atoms with E-state index in [0.29, 0.717) is 13.0 Å². The van der Waals surface area contributed by atoms with Crippen molar-refractivity contribution in [3.63, 3.8) is 0 Å². The molecule has 0 aliphatic carbocycles. The van der Waals surface area contributed by atoms with Crippen molar-refractivity contribution in [2.75, 3.05) is 6.54 Å². The molecule has 1 aromatic carbocycles. The molecule has 0 radical (unpaired) electrons. The van der Waals surface area contributed by atoms with Gasteiger partial charge in [0.15, 0.2) is 0 Å². The molecule has 1 amide bonds. The number of furan rings is 1. The molecule has 0 fully saturated rings. The summed E-state index contributed by atoms with van der Waals surface area (Å²) in [5.41, 5.74) is 0.829. The van der Waals surface area contributed by atoms with Gasteiger partial charge in [-0.05, 0) is 31.2 Å². The molecule has 1 aromatic heterocycles. The molecule has 0 unspecified atom stereocenters. The maximum absolute atomic E-state index is 12.1. The van der Waals surface area contributed by atoms with Gasteiger partial charge in [0, 0.05) is 13.0 Å². The summed E-state index contributed by atoms with van der Waals surface area (Å²) < 4.78 is 28.2. The van der Waals surface area contributed by atoms with Crippen LogP contribution in [-0.4, -0.2) is 20.9 Å². The van der Waals surface area contributed by atoms with Gasteiger partial charge in [-0.1, -0.05) is 11.6 Å². The molecule has 0 atom stereocenters. The Kier molecular flexibility index (Phi) is 4.44. The SMILES string of the molecule is Cc1ccc(S(N)(=O)=O)c(C(=O)NCCc2ccco2)c1. The Hall–Kier alpha value is -2.12. The first-order valence-electron chi connectivity index (χ1n) is 6.32. The van der Waals surface area contributed by atoms with Gasteiger partial charge in [-0.15, -0.1) is 0 Å². The topological polar surface area (TPSA) is 102 Å². The molecule has 21 heavy (non-hydrogen) atoms. The zero-order valence-electron chi connectivity index (χ0n) is 11.5. The monoisotopic (exact) mass is 308 g/mol. The largest absolute Gasteiger partial charge is 0.469 e. The maximum Gasteiger partial charge on any atom is 0.252 e. The second-order valence-corrected chi connectivity index (χ2v) is 6.16. The number of carbonyl (C=O) groups excluding carboxylic acids is 1. The number of amides is 1. The molecule has 1 heterocycles. The highest BCUT2D eigenvalue weighted by Gasteiger charge is 2.19. The molecule has 0 aliphatic heterocycles. The molecule has 0 saturated heterocycles. The first-order chi connectivity index (χ1) is 9.88. The van der Waals surface area contributed by atoms with Gasteiger partial charge < -0.3 is 9.73 Å². The van der Waals surface area contributed by atoms with Crippen LogP contribution in [0, 0.1) is 6.92 Å². The van der Waals surface area contributed by atoms with Crippen molar-refractivity contribution in [1.29, 1.82) is 0 Å². The lowest BCUT2D eigenvalue weighted by Gasteiger charge is -2.09. The molecule has 0 bridgehead atoms. The molecular formula is C14H16N2O4S. The van der Waals surface area contributed by atoms with E-state index in [1.165, 1.54) is 12.1 Å². The number of carbonyl (C=O) groups is 1. The maximum atomic E-state index is 12.1. The Labute approximate surface area is 123 Å². The number of nitrogens with one attached hydrogen (secondary N) is 1. The molecule has 2 aromatic rings. The van der Waals surface area contributed by atoms with E-state index in [9.17, 15) is 13.2 Å². The van der Waals surface area contributed by atoms with E-state index < -0.39 is 15.9 Å². The van der Waals surface area contributed by atoms with Gasteiger partial charge in [0.2, 0.25) is 10.0 Å². The van der Waals surface area contributed by atoms with Crippen molar-refractivity contribution in [3.8, 4) is 0 Å². The summed E-state index contributed by atoms with van der Waals surface area (Å²) in [4.78, 5) is 12.0. The van der Waals surface area contributed by atoms with Crippen LogP contribution in [0.15, 0.2) is 45.9 Å². The Balaban J connectivity index is 2.13. The van der Waals surface area contributed by atoms with Crippen molar-refractivity contribution in [2.24, 2.45) is 5.14 Å². The Bertz CT molecular complexity index is 736. The smallest absolute Gasteiger partial charge is 0.252 e. The molecular weight excluding hydrogens is 292 g/mol. The highest BCUT2D eigenvalue weighted by molar-refractivity contribution is 7.89. The molecule has 0 saturated carbocycles. The summed E-state index contributed by atoms with van der Waals surface area (Å²) >= 11 is 0. The zero-order chi connectivity index (χ0) is 15.5. The summed E-state index contributed by atoms with van der Waals surface area (Å²) in [5.74, 6) is 0.264. The molecule has 3 N–H and O–H groups in total. The lowest BCUT2D eigenvalue weighted by Crippen LogP contribution is -2.28. The van der Waals surface area contributed by atoms with E-state index in [-0.39, 0.29) is 10.5 Å². The summed E-state index contributed by atoms with van der Waals surface area (Å²) in [7, 11) is -3.94. The first-order valence-corrected chi connectivity index (χ1v) is 7.86. The highest BCUT2D eigenvalue weighted by Crippen LogP contribution is 2.16. The number of hydrogen-bond acceptors (Lipinski definition) is 4. The summed E-state index contributed by atoms with van der Waals surface area (Å²) in [6.07, 6.45) is 2.08. The summed E-state index contributed by atoms with van der Waals surface area (Å²) in [6.45, 7) is 2.11. The van der Waals surface area contributed by atoms with E-state index in [1.54, 1.807) is 31.4 Å². The Morgan fingerprint density at radius 3 is 2.71 bits per heavy atom. The third-order valence-corrected chi connectivity index (χ3v) is 3.89. The van der Waals surface area contributed by atoms with E-state index in [0.717, 1.165) is 11.3 Å². The number of aryl methyl sites for hydroxylation is 1. The number of benzene rings is 1. The van der Waals surface area contributed by atoms with Crippen LogP contribution in [0.4, 0.5) is 0 Å². The minimum absolute atomic E-state index is 0.0527. The molecule has 2 rings (SSSR count). The second-order valence-electron chi connectivity index (χ2n) is 4.63. The van der Waals surface area contributed by atoms with Crippen LogP contribution < -0.4 is 10.5 Å². The summed E-state index contributed by atoms with van der Waals surface area (Å²) in [6, 6.07) is 8.00. The average Bonchev–Trinajstić information content (AvgIpc) is 2.90. The fourth-order valence-corrected chi connectivity index (χ4v) is 2.63.